The average molecular weight is 424 g/mol. The number of thiazole rings is 1. The Labute approximate surface area is 179 Å². The summed E-state index contributed by atoms with van der Waals surface area (Å²) >= 11 is 1.48. The minimum atomic E-state index is -0.525. The molecular weight excluding hydrogens is 400 g/mol. The van der Waals surface area contributed by atoms with E-state index in [1.807, 2.05) is 73.5 Å². The lowest BCUT2D eigenvalue weighted by Gasteiger charge is -2.27. The van der Waals surface area contributed by atoms with E-state index in [-0.39, 0.29) is 5.88 Å². The van der Waals surface area contributed by atoms with Gasteiger partial charge in [-0.25, -0.2) is 9.69 Å². The molecule has 30 heavy (non-hydrogen) atoms. The molecule has 0 amide bonds. The lowest BCUT2D eigenvalue weighted by atomic mass is 9.94. The standard InChI is InChI=1S/C23H22N2O4S/c1-14-18(22(27)29-4)19(15-10-12-17(28-3)13-11-15)25-21(26)20(30-23(25)24(14)2)16-8-6-5-7-9-16/h5-13,19H,1-4H3/p+1. The molecule has 1 N–H and O–H groups in total. The molecular formula is C23H23N2O4S+. The smallest absolute Gasteiger partial charge is 0.345 e. The molecule has 2 heterocycles. The average Bonchev–Trinajstić information content (AvgIpc) is 3.13. The van der Waals surface area contributed by atoms with E-state index in [1.54, 1.807) is 11.7 Å². The van der Waals surface area contributed by atoms with Crippen LogP contribution in [0.3, 0.4) is 0 Å². The van der Waals surface area contributed by atoms with Crippen molar-refractivity contribution >= 4 is 22.4 Å². The van der Waals surface area contributed by atoms with Gasteiger partial charge < -0.3 is 14.6 Å². The molecule has 0 saturated heterocycles. The molecule has 1 unspecified atom stereocenters. The Balaban J connectivity index is 1.97. The summed E-state index contributed by atoms with van der Waals surface area (Å²) in [5, 5.41) is 12.1. The second kappa shape index (κ2) is 7.84. The number of aromatic nitrogens is 1. The van der Waals surface area contributed by atoms with Gasteiger partial charge in [0.05, 0.1) is 21.3 Å². The van der Waals surface area contributed by atoms with E-state index in [0.29, 0.717) is 5.57 Å². The van der Waals surface area contributed by atoms with Crippen molar-refractivity contribution in [3.63, 3.8) is 0 Å². The first-order valence-corrected chi connectivity index (χ1v) is 10.3. The highest BCUT2D eigenvalue weighted by atomic mass is 32.1. The van der Waals surface area contributed by atoms with Crippen molar-refractivity contribution in [2.24, 2.45) is 0 Å². The van der Waals surface area contributed by atoms with E-state index in [2.05, 4.69) is 0 Å². The first-order chi connectivity index (χ1) is 14.5. The van der Waals surface area contributed by atoms with Gasteiger partial charge in [0.15, 0.2) is 6.04 Å². The van der Waals surface area contributed by atoms with Crippen molar-refractivity contribution in [3.8, 4) is 22.1 Å². The summed E-state index contributed by atoms with van der Waals surface area (Å²) in [6.45, 7) is 1.89. The van der Waals surface area contributed by atoms with Gasteiger partial charge in [0.1, 0.15) is 21.9 Å². The fourth-order valence-corrected chi connectivity index (χ4v) is 4.94. The van der Waals surface area contributed by atoms with Gasteiger partial charge in [-0.2, -0.15) is 4.57 Å². The summed E-state index contributed by atoms with van der Waals surface area (Å²) in [7, 11) is 4.87. The Morgan fingerprint density at radius 2 is 1.77 bits per heavy atom. The number of esters is 1. The summed E-state index contributed by atoms with van der Waals surface area (Å²) in [6, 6.07) is 16.7. The third-order valence-electron chi connectivity index (χ3n) is 5.42. The third kappa shape index (κ3) is 3.11. The van der Waals surface area contributed by atoms with Crippen LogP contribution in [0.25, 0.3) is 10.4 Å². The summed E-state index contributed by atoms with van der Waals surface area (Å²) < 4.78 is 12.2. The van der Waals surface area contributed by atoms with Crippen molar-refractivity contribution < 1.29 is 23.9 Å². The molecule has 0 bridgehead atoms. The van der Waals surface area contributed by atoms with E-state index in [9.17, 15) is 9.90 Å². The number of carbonyl (C=O) groups is 1. The van der Waals surface area contributed by atoms with E-state index < -0.39 is 12.0 Å². The van der Waals surface area contributed by atoms with E-state index in [1.165, 1.54) is 18.4 Å². The monoisotopic (exact) mass is 423 g/mol. The highest BCUT2D eigenvalue weighted by Crippen LogP contribution is 2.44. The van der Waals surface area contributed by atoms with Gasteiger partial charge >= 0.3 is 17.0 Å². The Kier molecular flexibility index (Phi) is 5.22. The van der Waals surface area contributed by atoms with Gasteiger partial charge in [-0.3, -0.25) is 0 Å². The van der Waals surface area contributed by atoms with Crippen molar-refractivity contribution in [3.05, 3.63) is 71.4 Å². The normalized spacial score (nSPS) is 15.7. The number of ether oxygens (including phenoxy) is 2. The SMILES string of the molecule is COC(=O)C1=C(C)N(C)c2sc(-c3ccccc3)c(O)[n+]2C1c1ccc(OC)cc1. The number of rotatable bonds is 4. The number of nitrogens with zero attached hydrogens (tertiary/aromatic N) is 2. The molecule has 1 aromatic heterocycles. The second-order valence-electron chi connectivity index (χ2n) is 7.00. The van der Waals surface area contributed by atoms with Gasteiger partial charge in [0.25, 0.3) is 0 Å². The highest BCUT2D eigenvalue weighted by Gasteiger charge is 2.45. The number of hydrogen-bond donors (Lipinski definition) is 1. The number of fused-ring (bicyclic) bond motifs is 1. The van der Waals surface area contributed by atoms with E-state index in [4.69, 9.17) is 9.47 Å². The predicted octanol–water partition coefficient (Wildman–Crippen LogP) is 3.90. The Morgan fingerprint density at radius 3 is 2.37 bits per heavy atom. The molecule has 2 aromatic carbocycles. The van der Waals surface area contributed by atoms with Crippen LogP contribution in [0.15, 0.2) is 65.9 Å². The zero-order valence-electron chi connectivity index (χ0n) is 17.2. The zero-order valence-corrected chi connectivity index (χ0v) is 18.1. The van der Waals surface area contributed by atoms with Gasteiger partial charge in [-0.05, 0) is 36.0 Å². The van der Waals surface area contributed by atoms with E-state index >= 15 is 0 Å². The number of carbonyl (C=O) groups excluding carboxylic acids is 1. The second-order valence-corrected chi connectivity index (χ2v) is 7.98. The number of benzene rings is 2. The first kappa shape index (κ1) is 20.0. The molecule has 0 spiro atoms. The number of hydrogen-bond acceptors (Lipinski definition) is 6. The van der Waals surface area contributed by atoms with Crippen molar-refractivity contribution in [2.45, 2.75) is 13.0 Å². The molecule has 4 rings (SSSR count). The Hall–Kier alpha value is -3.32. The van der Waals surface area contributed by atoms with Crippen LogP contribution in [0, 0.1) is 0 Å². The largest absolute Gasteiger partial charge is 0.497 e. The quantitative estimate of drug-likeness (QED) is 0.509. The number of aromatic hydroxyl groups is 1. The van der Waals surface area contributed by atoms with Crippen LogP contribution < -0.4 is 14.2 Å². The summed E-state index contributed by atoms with van der Waals surface area (Å²) in [6.07, 6.45) is 0. The molecule has 6 nitrogen and oxygen atoms in total. The Morgan fingerprint density at radius 1 is 1.10 bits per heavy atom. The van der Waals surface area contributed by atoms with Gasteiger partial charge in [0, 0.05) is 5.56 Å². The molecule has 0 aliphatic carbocycles. The fraction of sp³-hybridized carbons (Fsp3) is 0.217. The van der Waals surface area contributed by atoms with Crippen LogP contribution in [0.1, 0.15) is 18.5 Å². The predicted molar refractivity (Wildman–Crippen MR) is 116 cm³/mol. The van der Waals surface area contributed by atoms with Crippen molar-refractivity contribution in [1.82, 2.24) is 0 Å². The minimum absolute atomic E-state index is 0.114. The number of allylic oxidation sites excluding steroid dienone is 1. The zero-order chi connectivity index (χ0) is 21.4. The van der Waals surface area contributed by atoms with Gasteiger partial charge in [-0.15, -0.1) is 0 Å². The molecule has 1 aliphatic heterocycles. The highest BCUT2D eigenvalue weighted by molar-refractivity contribution is 7.18. The molecule has 1 aliphatic rings. The summed E-state index contributed by atoms with van der Waals surface area (Å²) in [5.74, 6) is 0.407. The third-order valence-corrected chi connectivity index (χ3v) is 6.69. The van der Waals surface area contributed by atoms with Crippen LogP contribution in [-0.4, -0.2) is 32.3 Å². The lowest BCUT2D eigenvalue weighted by molar-refractivity contribution is -0.695. The van der Waals surface area contributed by atoms with Crippen molar-refractivity contribution in [2.75, 3.05) is 26.2 Å². The molecule has 3 aromatic rings. The molecule has 1 atom stereocenters. The Bertz CT molecular complexity index is 1120. The maximum absolute atomic E-state index is 12.8. The van der Waals surface area contributed by atoms with Crippen molar-refractivity contribution in [1.29, 1.82) is 0 Å². The number of anilines is 1. The van der Waals surface area contributed by atoms with Crippen LogP contribution in [0.2, 0.25) is 0 Å². The topological polar surface area (TPSA) is 62.9 Å². The molecule has 0 radical (unpaired) electrons. The lowest BCUT2D eigenvalue weighted by Crippen LogP contribution is -2.50. The molecule has 0 fully saturated rings. The van der Waals surface area contributed by atoms with E-state index in [0.717, 1.165) is 32.6 Å². The maximum atomic E-state index is 12.8. The minimum Gasteiger partial charge on any atom is -0.497 e. The van der Waals surface area contributed by atoms with Gasteiger partial charge in [-0.1, -0.05) is 42.5 Å². The molecule has 0 saturated carbocycles. The summed E-state index contributed by atoms with van der Waals surface area (Å²) in [4.78, 5) is 15.5. The van der Waals surface area contributed by atoms with Crippen LogP contribution >= 0.6 is 11.3 Å². The molecule has 7 heteroatoms. The summed E-state index contributed by atoms with van der Waals surface area (Å²) in [5.41, 5.74) is 3.03. The molecule has 154 valence electrons. The first-order valence-electron chi connectivity index (χ1n) is 9.47. The van der Waals surface area contributed by atoms with Crippen LogP contribution in [-0.2, 0) is 9.53 Å². The maximum Gasteiger partial charge on any atom is 0.345 e. The van der Waals surface area contributed by atoms with Gasteiger partial charge in [0.2, 0.25) is 0 Å². The fourth-order valence-electron chi connectivity index (χ4n) is 3.75. The van der Waals surface area contributed by atoms with Crippen LogP contribution in [0.5, 0.6) is 11.6 Å². The van der Waals surface area contributed by atoms with Crippen LogP contribution in [0.4, 0.5) is 5.13 Å². The number of methoxy groups -OCH3 is 2.